The molecule has 0 saturated carbocycles. The molecule has 0 unspecified atom stereocenters. The van der Waals surface area contributed by atoms with Gasteiger partial charge in [-0.3, -0.25) is 4.72 Å². The summed E-state index contributed by atoms with van der Waals surface area (Å²) in [5.41, 5.74) is 6.22. The van der Waals surface area contributed by atoms with E-state index in [1.54, 1.807) is 0 Å². The number of rotatable bonds is 4. The van der Waals surface area contributed by atoms with E-state index < -0.39 is 10.0 Å². The van der Waals surface area contributed by atoms with Gasteiger partial charge in [0, 0.05) is 5.69 Å². The van der Waals surface area contributed by atoms with E-state index in [1.165, 1.54) is 16.7 Å². The lowest BCUT2D eigenvalue weighted by Gasteiger charge is -2.10. The molecule has 1 aliphatic rings. The Hall–Kier alpha value is -2.59. The minimum Gasteiger partial charge on any atom is -0.283 e. The fourth-order valence-corrected chi connectivity index (χ4v) is 4.39. The van der Waals surface area contributed by atoms with Gasteiger partial charge < -0.3 is 0 Å². The van der Waals surface area contributed by atoms with Crippen LogP contribution >= 0.6 is 0 Å². The van der Waals surface area contributed by atoms with Crippen LogP contribution in [0, 0.1) is 0 Å². The summed E-state index contributed by atoms with van der Waals surface area (Å²) >= 11 is 0. The second-order valence-corrected chi connectivity index (χ2v) is 7.77. The van der Waals surface area contributed by atoms with Crippen LogP contribution in [0.2, 0.25) is 0 Å². The maximum Gasteiger partial charge on any atom is 0.236 e. The quantitative estimate of drug-likeness (QED) is 0.607. The molecule has 0 fully saturated rings. The summed E-state index contributed by atoms with van der Waals surface area (Å²) in [6.45, 7) is 0. The summed E-state index contributed by atoms with van der Waals surface area (Å²) < 4.78 is 27.5. The Balaban J connectivity index is 1.61. The van der Waals surface area contributed by atoms with Crippen molar-refractivity contribution in [3.63, 3.8) is 0 Å². The second kappa shape index (κ2) is 5.80. The van der Waals surface area contributed by atoms with Gasteiger partial charge in [0.25, 0.3) is 0 Å². The fraction of sp³-hybridized carbons (Fsp3) is 0.100. The maximum absolute atomic E-state index is 12.4. The molecule has 0 aliphatic heterocycles. The third kappa shape index (κ3) is 2.93. The largest absolute Gasteiger partial charge is 0.283 e. The van der Waals surface area contributed by atoms with Crippen LogP contribution in [-0.4, -0.2) is 8.42 Å². The minimum atomic E-state index is -3.43. The molecular weight excluding hydrogens is 318 g/mol. The molecule has 0 spiro atoms. The van der Waals surface area contributed by atoms with E-state index in [4.69, 9.17) is 0 Å². The van der Waals surface area contributed by atoms with E-state index >= 15 is 0 Å². The van der Waals surface area contributed by atoms with Crippen LogP contribution in [-0.2, 0) is 22.2 Å². The number of fused-ring (bicyclic) bond motifs is 3. The van der Waals surface area contributed by atoms with Crippen LogP contribution in [0.5, 0.6) is 0 Å². The molecule has 4 heteroatoms. The number of hydrogen-bond acceptors (Lipinski definition) is 2. The Morgan fingerprint density at radius 1 is 0.792 bits per heavy atom. The predicted molar refractivity (Wildman–Crippen MR) is 97.4 cm³/mol. The van der Waals surface area contributed by atoms with Crippen molar-refractivity contribution in [1.29, 1.82) is 0 Å². The zero-order chi connectivity index (χ0) is 16.6. The molecule has 1 aliphatic carbocycles. The number of benzene rings is 3. The van der Waals surface area contributed by atoms with Gasteiger partial charge in [0.2, 0.25) is 10.0 Å². The highest BCUT2D eigenvalue weighted by molar-refractivity contribution is 7.91. The van der Waals surface area contributed by atoms with Crippen molar-refractivity contribution in [3.05, 3.63) is 89.5 Å². The van der Waals surface area contributed by atoms with E-state index in [0.717, 1.165) is 17.5 Å². The van der Waals surface area contributed by atoms with Crippen LogP contribution in [0.3, 0.4) is 0 Å². The van der Waals surface area contributed by atoms with Crippen LogP contribution < -0.4 is 4.72 Å². The van der Waals surface area contributed by atoms with Crippen LogP contribution in [0.25, 0.3) is 11.1 Å². The fourth-order valence-electron chi connectivity index (χ4n) is 3.20. The Labute approximate surface area is 142 Å². The maximum atomic E-state index is 12.4. The predicted octanol–water partition coefficient (Wildman–Crippen LogP) is 4.20. The van der Waals surface area contributed by atoms with Crippen molar-refractivity contribution in [1.82, 2.24) is 0 Å². The third-order valence-electron chi connectivity index (χ3n) is 4.27. The summed E-state index contributed by atoms with van der Waals surface area (Å²) in [5, 5.41) is 0. The van der Waals surface area contributed by atoms with Crippen molar-refractivity contribution in [3.8, 4) is 11.1 Å². The van der Waals surface area contributed by atoms with Crippen molar-refractivity contribution < 1.29 is 8.42 Å². The average molecular weight is 335 g/mol. The van der Waals surface area contributed by atoms with Crippen molar-refractivity contribution in [2.45, 2.75) is 12.2 Å². The monoisotopic (exact) mass is 335 g/mol. The molecule has 4 rings (SSSR count). The van der Waals surface area contributed by atoms with E-state index in [9.17, 15) is 8.42 Å². The Bertz CT molecular complexity index is 995. The van der Waals surface area contributed by atoms with Gasteiger partial charge in [-0.15, -0.1) is 0 Å². The Morgan fingerprint density at radius 3 is 2.33 bits per heavy atom. The van der Waals surface area contributed by atoms with Gasteiger partial charge >= 0.3 is 0 Å². The molecule has 0 saturated heterocycles. The third-order valence-corrected chi connectivity index (χ3v) is 5.53. The first-order valence-corrected chi connectivity index (χ1v) is 9.52. The van der Waals surface area contributed by atoms with Gasteiger partial charge in [0.15, 0.2) is 0 Å². The molecule has 0 bridgehead atoms. The van der Waals surface area contributed by atoms with Crippen molar-refractivity contribution in [2.75, 3.05) is 4.72 Å². The van der Waals surface area contributed by atoms with Crippen LogP contribution in [0.4, 0.5) is 5.69 Å². The molecule has 0 heterocycles. The highest BCUT2D eigenvalue weighted by Crippen LogP contribution is 2.37. The molecule has 0 amide bonds. The summed E-state index contributed by atoms with van der Waals surface area (Å²) in [4.78, 5) is 0. The number of nitrogens with one attached hydrogen (secondary N) is 1. The molecule has 3 aromatic rings. The SMILES string of the molecule is O=S(=O)(Cc1ccccc1)Nc1ccc2c(c1)-c1ccccc1C2. The highest BCUT2D eigenvalue weighted by atomic mass is 32.2. The van der Waals surface area contributed by atoms with Crippen LogP contribution in [0.15, 0.2) is 72.8 Å². The number of anilines is 1. The number of hydrogen-bond donors (Lipinski definition) is 1. The normalized spacial score (nSPS) is 12.5. The first-order valence-electron chi connectivity index (χ1n) is 7.86. The molecule has 3 aromatic carbocycles. The average Bonchev–Trinajstić information content (AvgIpc) is 2.93. The van der Waals surface area contributed by atoms with Gasteiger partial charge in [-0.25, -0.2) is 8.42 Å². The van der Waals surface area contributed by atoms with Gasteiger partial charge in [0.05, 0.1) is 5.75 Å². The molecule has 120 valence electrons. The second-order valence-electron chi connectivity index (χ2n) is 6.05. The topological polar surface area (TPSA) is 46.2 Å². The minimum absolute atomic E-state index is 0.0263. The molecule has 0 atom stereocenters. The summed E-state index contributed by atoms with van der Waals surface area (Å²) in [6, 6.07) is 23.2. The Morgan fingerprint density at radius 2 is 1.50 bits per heavy atom. The smallest absolute Gasteiger partial charge is 0.236 e. The lowest BCUT2D eigenvalue weighted by Crippen LogP contribution is -2.15. The molecule has 1 N–H and O–H groups in total. The van der Waals surface area contributed by atoms with Gasteiger partial charge in [-0.05, 0) is 46.4 Å². The lowest BCUT2D eigenvalue weighted by atomic mass is 10.1. The number of sulfonamides is 1. The molecule has 0 radical (unpaired) electrons. The zero-order valence-electron chi connectivity index (χ0n) is 13.1. The first-order chi connectivity index (χ1) is 11.6. The van der Waals surface area contributed by atoms with Gasteiger partial charge in [0.1, 0.15) is 0 Å². The molecule has 0 aromatic heterocycles. The lowest BCUT2D eigenvalue weighted by molar-refractivity contribution is 0.600. The van der Waals surface area contributed by atoms with Gasteiger partial charge in [-0.1, -0.05) is 60.7 Å². The highest BCUT2D eigenvalue weighted by Gasteiger charge is 2.19. The van der Waals surface area contributed by atoms with E-state index in [0.29, 0.717) is 5.69 Å². The first kappa shape index (κ1) is 15.0. The zero-order valence-corrected chi connectivity index (χ0v) is 13.9. The summed E-state index contributed by atoms with van der Waals surface area (Å²) in [6.07, 6.45) is 0.905. The molecule has 3 nitrogen and oxygen atoms in total. The van der Waals surface area contributed by atoms with Gasteiger partial charge in [-0.2, -0.15) is 0 Å². The summed E-state index contributed by atoms with van der Waals surface area (Å²) in [7, 11) is -3.43. The van der Waals surface area contributed by atoms with E-state index in [2.05, 4.69) is 16.9 Å². The van der Waals surface area contributed by atoms with E-state index in [-0.39, 0.29) is 5.75 Å². The summed E-state index contributed by atoms with van der Waals surface area (Å²) in [5.74, 6) is -0.0263. The van der Waals surface area contributed by atoms with Crippen LogP contribution in [0.1, 0.15) is 16.7 Å². The van der Waals surface area contributed by atoms with E-state index in [1.807, 2.05) is 60.7 Å². The van der Waals surface area contributed by atoms with Crippen molar-refractivity contribution in [2.24, 2.45) is 0 Å². The van der Waals surface area contributed by atoms with Crippen molar-refractivity contribution >= 4 is 15.7 Å². The standard InChI is InChI=1S/C20H17NO2S/c22-24(23,14-15-6-2-1-3-7-15)21-18-11-10-17-12-16-8-4-5-9-19(16)20(17)13-18/h1-11,13,21H,12,14H2. The molecular formula is C20H17NO2S. The Kier molecular flexibility index (Phi) is 3.62. The molecule has 24 heavy (non-hydrogen) atoms.